The second-order valence-corrected chi connectivity index (χ2v) is 3.89. The summed E-state index contributed by atoms with van der Waals surface area (Å²) in [5, 5.41) is 11.6. The van der Waals surface area contributed by atoms with Crippen LogP contribution in [0.15, 0.2) is 0 Å². The Morgan fingerprint density at radius 1 is 1.40 bits per heavy atom. The minimum atomic E-state index is -4.16. The molecule has 0 atom stereocenters. The number of halogens is 3. The van der Waals surface area contributed by atoms with Gasteiger partial charge in [0.25, 0.3) is 0 Å². The summed E-state index contributed by atoms with van der Waals surface area (Å²) in [4.78, 5) is 10.8. The number of carboxylic acid groups (broad SMARTS) is 1. The molecular weight excluding hydrogens is 211 g/mol. The summed E-state index contributed by atoms with van der Waals surface area (Å²) >= 11 is 0. The molecule has 0 bridgehead atoms. The Bertz CT molecular complexity index is 236. The molecule has 1 aliphatic carbocycles. The van der Waals surface area contributed by atoms with Crippen LogP contribution in [0.5, 0.6) is 0 Å². The number of alkyl halides is 3. The quantitative estimate of drug-likeness (QED) is 0.703. The molecule has 0 aromatic heterocycles. The molecule has 0 aromatic rings. The summed E-state index contributed by atoms with van der Waals surface area (Å²) in [5.41, 5.74) is -0.953. The number of rotatable bonds is 5. The van der Waals surface area contributed by atoms with Gasteiger partial charge in [0.2, 0.25) is 0 Å². The maximum Gasteiger partial charge on any atom is 0.389 e. The second-order valence-electron chi connectivity index (χ2n) is 3.89. The normalized spacial score (nSPS) is 19.7. The molecule has 1 aliphatic rings. The van der Waals surface area contributed by atoms with Crippen molar-refractivity contribution in [1.29, 1.82) is 0 Å². The van der Waals surface area contributed by atoms with Crippen molar-refractivity contribution in [2.24, 2.45) is 0 Å². The van der Waals surface area contributed by atoms with Gasteiger partial charge in [-0.2, -0.15) is 13.2 Å². The SMILES string of the molecule is O=C(O)C1(NCCCC(F)(F)F)CCC1. The van der Waals surface area contributed by atoms with Crippen molar-refractivity contribution in [2.75, 3.05) is 6.54 Å². The van der Waals surface area contributed by atoms with E-state index in [1.165, 1.54) is 0 Å². The second kappa shape index (κ2) is 4.38. The van der Waals surface area contributed by atoms with E-state index in [0.717, 1.165) is 6.42 Å². The maximum atomic E-state index is 11.8. The topological polar surface area (TPSA) is 49.3 Å². The smallest absolute Gasteiger partial charge is 0.389 e. The molecule has 1 fully saturated rings. The van der Waals surface area contributed by atoms with Crippen LogP contribution in [0.1, 0.15) is 32.1 Å². The van der Waals surface area contributed by atoms with Crippen LogP contribution in [0.2, 0.25) is 0 Å². The zero-order valence-corrected chi connectivity index (χ0v) is 8.23. The summed E-state index contributed by atoms with van der Waals surface area (Å²) in [6.07, 6.45) is -3.26. The van der Waals surface area contributed by atoms with Crippen molar-refractivity contribution >= 4 is 5.97 Å². The lowest BCUT2D eigenvalue weighted by atomic mass is 9.77. The Balaban J connectivity index is 2.22. The Morgan fingerprint density at radius 3 is 2.33 bits per heavy atom. The largest absolute Gasteiger partial charge is 0.480 e. The Labute approximate surface area is 85.7 Å². The third kappa shape index (κ3) is 3.37. The molecule has 0 heterocycles. The van der Waals surface area contributed by atoms with E-state index in [1.807, 2.05) is 0 Å². The summed E-state index contributed by atoms with van der Waals surface area (Å²) in [6.45, 7) is 0.103. The highest BCUT2D eigenvalue weighted by Gasteiger charge is 2.43. The highest BCUT2D eigenvalue weighted by molar-refractivity contribution is 5.79. The third-order valence-electron chi connectivity index (χ3n) is 2.72. The molecule has 3 nitrogen and oxygen atoms in total. The third-order valence-corrected chi connectivity index (χ3v) is 2.72. The zero-order valence-electron chi connectivity index (χ0n) is 8.23. The van der Waals surface area contributed by atoms with Gasteiger partial charge in [0.05, 0.1) is 0 Å². The van der Waals surface area contributed by atoms with Gasteiger partial charge in [0.15, 0.2) is 0 Å². The standard InChI is InChI=1S/C9H14F3NO2/c10-9(11,12)5-2-6-13-8(7(14)15)3-1-4-8/h13H,1-6H2,(H,14,15). The van der Waals surface area contributed by atoms with Crippen molar-refractivity contribution < 1.29 is 23.1 Å². The molecule has 1 rings (SSSR count). The molecular formula is C9H14F3NO2. The molecule has 0 amide bonds. The van der Waals surface area contributed by atoms with E-state index < -0.39 is 24.1 Å². The molecule has 15 heavy (non-hydrogen) atoms. The molecule has 0 aromatic carbocycles. The van der Waals surface area contributed by atoms with Crippen molar-refractivity contribution in [1.82, 2.24) is 5.32 Å². The van der Waals surface area contributed by atoms with Crippen molar-refractivity contribution in [3.8, 4) is 0 Å². The van der Waals surface area contributed by atoms with E-state index in [4.69, 9.17) is 5.11 Å². The molecule has 88 valence electrons. The van der Waals surface area contributed by atoms with E-state index in [2.05, 4.69) is 5.32 Å². The fraction of sp³-hybridized carbons (Fsp3) is 0.889. The van der Waals surface area contributed by atoms with E-state index in [1.54, 1.807) is 0 Å². The number of hydrogen-bond acceptors (Lipinski definition) is 2. The minimum Gasteiger partial charge on any atom is -0.480 e. The van der Waals surface area contributed by atoms with Crippen LogP contribution in [-0.2, 0) is 4.79 Å². The van der Waals surface area contributed by atoms with Crippen LogP contribution in [0.25, 0.3) is 0 Å². The van der Waals surface area contributed by atoms with E-state index in [9.17, 15) is 18.0 Å². The predicted octanol–water partition coefficient (Wildman–Crippen LogP) is 1.93. The predicted molar refractivity (Wildman–Crippen MR) is 47.5 cm³/mol. The van der Waals surface area contributed by atoms with E-state index in [-0.39, 0.29) is 13.0 Å². The molecule has 2 N–H and O–H groups in total. The lowest BCUT2D eigenvalue weighted by Crippen LogP contribution is -2.57. The lowest BCUT2D eigenvalue weighted by Gasteiger charge is -2.38. The average molecular weight is 225 g/mol. The Hall–Kier alpha value is -0.780. The first kappa shape index (κ1) is 12.3. The Kier molecular flexibility index (Phi) is 3.59. The molecule has 0 aliphatic heterocycles. The average Bonchev–Trinajstić information content (AvgIpc) is 1.98. The van der Waals surface area contributed by atoms with Gasteiger partial charge in [-0.25, -0.2) is 0 Å². The first-order valence-corrected chi connectivity index (χ1v) is 4.91. The van der Waals surface area contributed by atoms with Gasteiger partial charge in [-0.15, -0.1) is 0 Å². The summed E-state index contributed by atoms with van der Waals surface area (Å²) in [5.74, 6) is -0.958. The van der Waals surface area contributed by atoms with Crippen LogP contribution in [0.3, 0.4) is 0 Å². The zero-order chi connectivity index (χ0) is 11.5. The van der Waals surface area contributed by atoms with Crippen LogP contribution in [0.4, 0.5) is 13.2 Å². The molecule has 0 radical (unpaired) electrons. The first-order valence-electron chi connectivity index (χ1n) is 4.91. The van der Waals surface area contributed by atoms with E-state index >= 15 is 0 Å². The van der Waals surface area contributed by atoms with Crippen molar-refractivity contribution in [3.63, 3.8) is 0 Å². The van der Waals surface area contributed by atoms with Gasteiger partial charge < -0.3 is 10.4 Å². The van der Waals surface area contributed by atoms with Gasteiger partial charge in [0.1, 0.15) is 5.54 Å². The number of carboxylic acids is 1. The van der Waals surface area contributed by atoms with Gasteiger partial charge in [-0.05, 0) is 32.2 Å². The van der Waals surface area contributed by atoms with E-state index in [0.29, 0.717) is 12.8 Å². The maximum absolute atomic E-state index is 11.8. The van der Waals surface area contributed by atoms with Crippen molar-refractivity contribution in [2.45, 2.75) is 43.8 Å². The summed E-state index contributed by atoms with van der Waals surface area (Å²) in [7, 11) is 0. The van der Waals surface area contributed by atoms with Crippen LogP contribution in [-0.4, -0.2) is 29.3 Å². The number of aliphatic carboxylic acids is 1. The molecule has 0 unspecified atom stereocenters. The molecule has 1 saturated carbocycles. The molecule has 0 spiro atoms. The summed E-state index contributed by atoms with van der Waals surface area (Å²) < 4.78 is 35.4. The van der Waals surface area contributed by atoms with Gasteiger partial charge in [-0.1, -0.05) is 0 Å². The van der Waals surface area contributed by atoms with Crippen LogP contribution >= 0.6 is 0 Å². The van der Waals surface area contributed by atoms with Gasteiger partial charge in [0, 0.05) is 6.42 Å². The molecule has 0 saturated heterocycles. The fourth-order valence-electron chi connectivity index (χ4n) is 1.61. The highest BCUT2D eigenvalue weighted by atomic mass is 19.4. The van der Waals surface area contributed by atoms with Crippen molar-refractivity contribution in [3.05, 3.63) is 0 Å². The number of hydrogen-bond donors (Lipinski definition) is 2. The fourth-order valence-corrected chi connectivity index (χ4v) is 1.61. The highest BCUT2D eigenvalue weighted by Crippen LogP contribution is 2.32. The van der Waals surface area contributed by atoms with Gasteiger partial charge >= 0.3 is 12.1 Å². The lowest BCUT2D eigenvalue weighted by molar-refractivity contribution is -0.149. The number of nitrogens with one attached hydrogen (secondary N) is 1. The van der Waals surface area contributed by atoms with Gasteiger partial charge in [-0.3, -0.25) is 4.79 Å². The summed E-state index contributed by atoms with van der Waals surface area (Å²) in [6, 6.07) is 0. The van der Waals surface area contributed by atoms with Crippen LogP contribution in [0, 0.1) is 0 Å². The minimum absolute atomic E-state index is 0.0709. The Morgan fingerprint density at radius 2 is 2.00 bits per heavy atom. The monoisotopic (exact) mass is 225 g/mol. The first-order chi connectivity index (χ1) is 6.86. The number of carbonyl (C=O) groups is 1. The van der Waals surface area contributed by atoms with Crippen LogP contribution < -0.4 is 5.32 Å². The molecule has 6 heteroatoms.